The second-order valence-corrected chi connectivity index (χ2v) is 3.02. The Bertz CT molecular complexity index is 380. The quantitative estimate of drug-likeness (QED) is 0.787. The highest BCUT2D eigenvalue weighted by Crippen LogP contribution is 2.20. The fourth-order valence-electron chi connectivity index (χ4n) is 1.07. The molecule has 0 fully saturated rings. The minimum absolute atomic E-state index is 0.000576. The van der Waals surface area contributed by atoms with E-state index in [0.717, 1.165) is 6.07 Å². The van der Waals surface area contributed by atoms with Gasteiger partial charge >= 0.3 is 0 Å². The second-order valence-electron chi connectivity index (χ2n) is 3.02. The van der Waals surface area contributed by atoms with Crippen LogP contribution in [0.3, 0.4) is 0 Å². The number of hydrogen-bond donors (Lipinski definition) is 1. The van der Waals surface area contributed by atoms with E-state index in [0.29, 0.717) is 6.54 Å². The Morgan fingerprint density at radius 1 is 1.44 bits per heavy atom. The Labute approximate surface area is 93.1 Å². The summed E-state index contributed by atoms with van der Waals surface area (Å²) in [5.74, 6) is -1.73. The molecule has 1 aromatic rings. The summed E-state index contributed by atoms with van der Waals surface area (Å²) in [6, 6.07) is 0.760. The molecule has 0 bridgehead atoms. The lowest BCUT2D eigenvalue weighted by Gasteiger charge is -2.08. The van der Waals surface area contributed by atoms with Crippen molar-refractivity contribution in [2.24, 2.45) is 0 Å². The van der Waals surface area contributed by atoms with E-state index in [1.54, 1.807) is 19.1 Å². The molecule has 0 unspecified atom stereocenters. The topological polar surface area (TPSA) is 34.1 Å². The zero-order valence-corrected chi connectivity index (χ0v) is 9.26. The Morgan fingerprint density at radius 2 is 2.19 bits per heavy atom. The zero-order chi connectivity index (χ0) is 12.0. The fraction of sp³-hybridized carbons (Fsp3) is 0.364. The van der Waals surface area contributed by atoms with Gasteiger partial charge in [-0.25, -0.2) is 8.78 Å². The van der Waals surface area contributed by atoms with E-state index in [9.17, 15) is 8.78 Å². The van der Waals surface area contributed by atoms with Crippen molar-refractivity contribution in [3.8, 4) is 5.88 Å². The van der Waals surface area contributed by atoms with Gasteiger partial charge in [0.05, 0.1) is 0 Å². The molecule has 0 saturated heterocycles. The maximum atomic E-state index is 13.2. The third-order valence-electron chi connectivity index (χ3n) is 1.79. The summed E-state index contributed by atoms with van der Waals surface area (Å²) in [5, 5.41) is 2.68. The van der Waals surface area contributed by atoms with Crippen molar-refractivity contribution >= 4 is 5.82 Å². The van der Waals surface area contributed by atoms with E-state index in [1.165, 1.54) is 0 Å². The van der Waals surface area contributed by atoms with Crippen molar-refractivity contribution < 1.29 is 13.5 Å². The largest absolute Gasteiger partial charge is 0.471 e. The molecule has 1 N–H and O–H groups in total. The number of anilines is 1. The van der Waals surface area contributed by atoms with Crippen LogP contribution in [0.5, 0.6) is 5.88 Å². The second kappa shape index (κ2) is 6.05. The summed E-state index contributed by atoms with van der Waals surface area (Å²) < 4.78 is 31.4. The molecule has 0 aromatic carbocycles. The van der Waals surface area contributed by atoms with Gasteiger partial charge in [-0.2, -0.15) is 4.98 Å². The first-order valence-corrected chi connectivity index (χ1v) is 5.02. The smallest absolute Gasteiger partial charge is 0.252 e. The van der Waals surface area contributed by atoms with Gasteiger partial charge in [0.15, 0.2) is 17.5 Å². The van der Waals surface area contributed by atoms with Crippen LogP contribution in [-0.2, 0) is 0 Å². The molecule has 0 aliphatic carbocycles. The van der Waals surface area contributed by atoms with Crippen molar-refractivity contribution in [3.05, 3.63) is 29.9 Å². The number of hydrogen-bond acceptors (Lipinski definition) is 3. The van der Waals surface area contributed by atoms with E-state index in [2.05, 4.69) is 10.3 Å². The minimum Gasteiger partial charge on any atom is -0.471 e. The Morgan fingerprint density at radius 3 is 2.81 bits per heavy atom. The molecule has 3 nitrogen and oxygen atoms in total. The van der Waals surface area contributed by atoms with Crippen LogP contribution in [0.2, 0.25) is 0 Å². The molecule has 0 aliphatic heterocycles. The average Bonchev–Trinajstić information content (AvgIpc) is 2.25. The van der Waals surface area contributed by atoms with Crippen LogP contribution < -0.4 is 10.1 Å². The molecule has 1 rings (SSSR count). The molecule has 1 heterocycles. The molecular weight excluding hydrogens is 214 g/mol. The molecule has 0 spiro atoms. The van der Waals surface area contributed by atoms with Crippen LogP contribution >= 0.6 is 0 Å². The van der Waals surface area contributed by atoms with Crippen LogP contribution in [-0.4, -0.2) is 18.1 Å². The normalized spacial score (nSPS) is 10.8. The SMILES string of the molecule is C/C=C/COc1nc(NCC)c(F)cc1F. The molecular formula is C11H14F2N2O. The van der Waals surface area contributed by atoms with Crippen LogP contribution in [0.15, 0.2) is 18.2 Å². The van der Waals surface area contributed by atoms with Crippen LogP contribution in [0.4, 0.5) is 14.6 Å². The monoisotopic (exact) mass is 228 g/mol. The van der Waals surface area contributed by atoms with Gasteiger partial charge < -0.3 is 10.1 Å². The summed E-state index contributed by atoms with van der Waals surface area (Å²) in [4.78, 5) is 3.72. The molecule has 88 valence electrons. The first kappa shape index (κ1) is 12.4. The first-order chi connectivity index (χ1) is 7.69. The predicted molar refractivity (Wildman–Crippen MR) is 58.6 cm³/mol. The van der Waals surface area contributed by atoms with Gasteiger partial charge in [0.2, 0.25) is 0 Å². The maximum Gasteiger partial charge on any atom is 0.252 e. The predicted octanol–water partition coefficient (Wildman–Crippen LogP) is 2.75. The summed E-state index contributed by atoms with van der Waals surface area (Å²) in [6.45, 7) is 4.33. The van der Waals surface area contributed by atoms with Gasteiger partial charge in [0.1, 0.15) is 6.61 Å². The number of allylic oxidation sites excluding steroid dienone is 1. The molecule has 0 radical (unpaired) electrons. The van der Waals surface area contributed by atoms with E-state index in [1.807, 2.05) is 6.92 Å². The molecule has 5 heteroatoms. The van der Waals surface area contributed by atoms with Crippen LogP contribution in [0.1, 0.15) is 13.8 Å². The molecule has 0 aliphatic rings. The molecule has 16 heavy (non-hydrogen) atoms. The highest BCUT2D eigenvalue weighted by molar-refractivity contribution is 5.39. The summed E-state index contributed by atoms with van der Waals surface area (Å²) in [6.07, 6.45) is 3.48. The van der Waals surface area contributed by atoms with Crippen LogP contribution in [0.25, 0.3) is 0 Å². The number of nitrogens with one attached hydrogen (secondary N) is 1. The van der Waals surface area contributed by atoms with Crippen molar-refractivity contribution in [2.45, 2.75) is 13.8 Å². The number of halogens is 2. The highest BCUT2D eigenvalue weighted by Gasteiger charge is 2.11. The lowest BCUT2D eigenvalue weighted by atomic mass is 10.4. The van der Waals surface area contributed by atoms with Gasteiger partial charge in [0.25, 0.3) is 5.88 Å². The van der Waals surface area contributed by atoms with Crippen molar-refractivity contribution in [2.75, 3.05) is 18.5 Å². The fourth-order valence-corrected chi connectivity index (χ4v) is 1.07. The number of nitrogens with zero attached hydrogens (tertiary/aromatic N) is 1. The highest BCUT2D eigenvalue weighted by atomic mass is 19.1. The van der Waals surface area contributed by atoms with Gasteiger partial charge in [-0.05, 0) is 13.8 Å². The lowest BCUT2D eigenvalue weighted by Crippen LogP contribution is -2.06. The van der Waals surface area contributed by atoms with E-state index in [4.69, 9.17) is 4.74 Å². The van der Waals surface area contributed by atoms with Crippen molar-refractivity contribution in [1.82, 2.24) is 4.98 Å². The zero-order valence-electron chi connectivity index (χ0n) is 9.26. The first-order valence-electron chi connectivity index (χ1n) is 5.02. The van der Waals surface area contributed by atoms with Gasteiger partial charge in [-0.1, -0.05) is 12.2 Å². The average molecular weight is 228 g/mol. The van der Waals surface area contributed by atoms with Gasteiger partial charge in [0, 0.05) is 12.6 Å². The van der Waals surface area contributed by atoms with E-state index < -0.39 is 11.6 Å². The third kappa shape index (κ3) is 3.18. The maximum absolute atomic E-state index is 13.2. The number of pyridine rings is 1. The summed E-state index contributed by atoms with van der Waals surface area (Å²) in [7, 11) is 0. The third-order valence-corrected chi connectivity index (χ3v) is 1.79. The van der Waals surface area contributed by atoms with E-state index >= 15 is 0 Å². The van der Waals surface area contributed by atoms with Gasteiger partial charge in [-0.15, -0.1) is 0 Å². The molecule has 1 aromatic heterocycles. The number of rotatable bonds is 5. The summed E-state index contributed by atoms with van der Waals surface area (Å²) >= 11 is 0. The Kier molecular flexibility index (Phi) is 4.69. The minimum atomic E-state index is -0.802. The van der Waals surface area contributed by atoms with Crippen molar-refractivity contribution in [1.29, 1.82) is 0 Å². The van der Waals surface area contributed by atoms with Crippen LogP contribution in [0, 0.1) is 11.6 Å². The van der Waals surface area contributed by atoms with Crippen molar-refractivity contribution in [3.63, 3.8) is 0 Å². The molecule has 0 saturated carbocycles. The molecule has 0 atom stereocenters. The van der Waals surface area contributed by atoms with E-state index in [-0.39, 0.29) is 18.3 Å². The Hall–Kier alpha value is -1.65. The van der Waals surface area contributed by atoms with Gasteiger partial charge in [-0.3, -0.25) is 0 Å². The standard InChI is InChI=1S/C11H14F2N2O/c1-3-5-6-16-11-9(13)7-8(12)10(15-11)14-4-2/h3,5,7H,4,6H2,1-2H3,(H,14,15)/b5-3+. The number of ether oxygens (including phenoxy) is 1. The lowest BCUT2D eigenvalue weighted by molar-refractivity contribution is 0.325. The molecule has 0 amide bonds. The Balaban J connectivity index is 2.86. The summed E-state index contributed by atoms with van der Waals surface area (Å²) in [5.41, 5.74) is 0. The number of aromatic nitrogens is 1.